The van der Waals surface area contributed by atoms with Crippen LogP contribution in [0.25, 0.3) is 11.0 Å². The Bertz CT molecular complexity index is 1030. The van der Waals surface area contributed by atoms with E-state index in [1.54, 1.807) is 6.92 Å². The molecule has 3 heteroatoms. The van der Waals surface area contributed by atoms with E-state index in [0.717, 1.165) is 17.1 Å². The Balaban J connectivity index is 1.94. The highest BCUT2D eigenvalue weighted by atomic mass is 16.3. The van der Waals surface area contributed by atoms with Crippen LogP contribution in [-0.4, -0.2) is 0 Å². The second-order valence-electron chi connectivity index (χ2n) is 5.91. The van der Waals surface area contributed by atoms with E-state index in [2.05, 4.69) is 29.2 Å². The summed E-state index contributed by atoms with van der Waals surface area (Å²) >= 11 is 0. The number of nitrogens with zero attached hydrogens (tertiary/aromatic N) is 1. The summed E-state index contributed by atoms with van der Waals surface area (Å²) in [5, 5.41) is 0.583. The van der Waals surface area contributed by atoms with Crippen LogP contribution in [0.15, 0.2) is 94.1 Å². The molecule has 4 aromatic rings. The molecule has 0 aliphatic heterocycles. The van der Waals surface area contributed by atoms with Crippen molar-refractivity contribution < 1.29 is 4.42 Å². The van der Waals surface area contributed by atoms with Crippen LogP contribution in [0.1, 0.15) is 5.76 Å². The Morgan fingerprint density at radius 2 is 1.32 bits per heavy atom. The maximum atomic E-state index is 12.4. The summed E-state index contributed by atoms with van der Waals surface area (Å²) in [4.78, 5) is 14.5. The van der Waals surface area contributed by atoms with Crippen LogP contribution in [-0.2, 0) is 0 Å². The first-order valence-corrected chi connectivity index (χ1v) is 8.17. The first-order valence-electron chi connectivity index (χ1n) is 8.17. The molecule has 0 N–H and O–H groups in total. The number of anilines is 3. The first kappa shape index (κ1) is 15.2. The highest BCUT2D eigenvalue weighted by Crippen LogP contribution is 2.35. The number of hydrogen-bond acceptors (Lipinski definition) is 3. The Hall–Kier alpha value is -3.33. The van der Waals surface area contributed by atoms with Crippen LogP contribution in [0.2, 0.25) is 0 Å². The van der Waals surface area contributed by atoms with Crippen molar-refractivity contribution in [3.8, 4) is 0 Å². The lowest BCUT2D eigenvalue weighted by Gasteiger charge is -2.25. The molecule has 0 atom stereocenters. The van der Waals surface area contributed by atoms with Gasteiger partial charge in [0.1, 0.15) is 11.3 Å². The Morgan fingerprint density at radius 1 is 0.720 bits per heavy atom. The fraction of sp³-hybridized carbons (Fsp3) is 0.0455. The molecule has 0 saturated carbocycles. The molecule has 1 aromatic heterocycles. The zero-order chi connectivity index (χ0) is 17.2. The van der Waals surface area contributed by atoms with E-state index >= 15 is 0 Å². The van der Waals surface area contributed by atoms with Gasteiger partial charge in [0.15, 0.2) is 5.43 Å². The predicted molar refractivity (Wildman–Crippen MR) is 102 cm³/mol. The minimum atomic E-state index is -0.0262. The van der Waals surface area contributed by atoms with Crippen LogP contribution >= 0.6 is 0 Å². The number of rotatable bonds is 3. The molecule has 3 nitrogen and oxygen atoms in total. The average Bonchev–Trinajstić information content (AvgIpc) is 2.64. The molecule has 0 unspecified atom stereocenters. The van der Waals surface area contributed by atoms with E-state index in [1.807, 2.05) is 54.6 Å². The Morgan fingerprint density at radius 3 is 1.92 bits per heavy atom. The fourth-order valence-corrected chi connectivity index (χ4v) is 3.01. The maximum Gasteiger partial charge on any atom is 0.193 e. The normalized spacial score (nSPS) is 10.8. The summed E-state index contributed by atoms with van der Waals surface area (Å²) in [5.74, 6) is 0.619. The van der Waals surface area contributed by atoms with Crippen LogP contribution in [0.5, 0.6) is 0 Å². The lowest BCUT2D eigenvalue weighted by atomic mass is 10.1. The van der Waals surface area contributed by atoms with Crippen molar-refractivity contribution in [1.82, 2.24) is 0 Å². The summed E-state index contributed by atoms with van der Waals surface area (Å²) in [6, 6.07) is 27.5. The van der Waals surface area contributed by atoms with E-state index < -0.39 is 0 Å². The lowest BCUT2D eigenvalue weighted by Crippen LogP contribution is -2.10. The van der Waals surface area contributed by atoms with Gasteiger partial charge in [-0.1, -0.05) is 36.4 Å². The number of aryl methyl sites for hydroxylation is 1. The van der Waals surface area contributed by atoms with Crippen molar-refractivity contribution in [2.45, 2.75) is 6.92 Å². The molecular weight excluding hydrogens is 310 g/mol. The van der Waals surface area contributed by atoms with Gasteiger partial charge in [0, 0.05) is 23.1 Å². The van der Waals surface area contributed by atoms with Crippen LogP contribution in [0.3, 0.4) is 0 Å². The van der Waals surface area contributed by atoms with Gasteiger partial charge in [-0.05, 0) is 49.4 Å². The summed E-state index contributed by atoms with van der Waals surface area (Å²) in [7, 11) is 0. The Kier molecular flexibility index (Phi) is 3.82. The van der Waals surface area contributed by atoms with Gasteiger partial charge in [0.2, 0.25) is 0 Å². The zero-order valence-corrected chi connectivity index (χ0v) is 13.8. The molecule has 0 amide bonds. The number of benzene rings is 3. The molecule has 0 spiro atoms. The van der Waals surface area contributed by atoms with Crippen LogP contribution in [0.4, 0.5) is 17.1 Å². The van der Waals surface area contributed by atoms with Crippen molar-refractivity contribution >= 4 is 28.0 Å². The number of fused-ring (bicyclic) bond motifs is 1. The zero-order valence-electron chi connectivity index (χ0n) is 13.8. The van der Waals surface area contributed by atoms with E-state index in [0.29, 0.717) is 16.7 Å². The molecule has 0 bridgehead atoms. The molecular formula is C22H17NO2. The van der Waals surface area contributed by atoms with E-state index in [-0.39, 0.29) is 5.43 Å². The van der Waals surface area contributed by atoms with Crippen LogP contribution in [0, 0.1) is 6.92 Å². The Labute approximate surface area is 145 Å². The van der Waals surface area contributed by atoms with Gasteiger partial charge < -0.3 is 9.32 Å². The average molecular weight is 327 g/mol. The minimum absolute atomic E-state index is 0.0262. The highest BCUT2D eigenvalue weighted by Gasteiger charge is 2.13. The molecule has 0 aliphatic rings. The molecule has 3 aromatic carbocycles. The fourth-order valence-electron chi connectivity index (χ4n) is 3.01. The predicted octanol–water partition coefficient (Wildman–Crippen LogP) is 5.57. The van der Waals surface area contributed by atoms with E-state index in [4.69, 9.17) is 4.42 Å². The molecule has 0 radical (unpaired) electrons. The smallest absolute Gasteiger partial charge is 0.193 e. The molecule has 122 valence electrons. The van der Waals surface area contributed by atoms with Crippen molar-refractivity contribution in [1.29, 1.82) is 0 Å². The van der Waals surface area contributed by atoms with Crippen molar-refractivity contribution in [3.63, 3.8) is 0 Å². The van der Waals surface area contributed by atoms with E-state index in [9.17, 15) is 4.79 Å². The molecule has 0 saturated heterocycles. The highest BCUT2D eigenvalue weighted by molar-refractivity contribution is 5.85. The molecule has 0 aliphatic carbocycles. The van der Waals surface area contributed by atoms with Gasteiger partial charge >= 0.3 is 0 Å². The SMILES string of the molecule is Cc1cc(=O)c2cc(N(c3ccccc3)c3ccccc3)ccc2o1. The molecule has 25 heavy (non-hydrogen) atoms. The van der Waals surface area contributed by atoms with Gasteiger partial charge in [-0.3, -0.25) is 4.79 Å². The number of hydrogen-bond donors (Lipinski definition) is 0. The van der Waals surface area contributed by atoms with Gasteiger partial charge in [-0.15, -0.1) is 0 Å². The van der Waals surface area contributed by atoms with Crippen molar-refractivity contribution in [2.75, 3.05) is 4.90 Å². The standard InChI is InChI=1S/C22H17NO2/c1-16-14-21(24)20-15-19(12-13-22(20)25-16)23(17-8-4-2-5-9-17)18-10-6-3-7-11-18/h2-15H,1H3. The first-order chi connectivity index (χ1) is 12.2. The summed E-state index contributed by atoms with van der Waals surface area (Å²) in [6.45, 7) is 1.79. The van der Waals surface area contributed by atoms with Gasteiger partial charge in [0.05, 0.1) is 5.39 Å². The third kappa shape index (κ3) is 2.92. The molecule has 1 heterocycles. The van der Waals surface area contributed by atoms with Gasteiger partial charge in [-0.25, -0.2) is 0 Å². The van der Waals surface area contributed by atoms with Gasteiger partial charge in [0.25, 0.3) is 0 Å². The van der Waals surface area contributed by atoms with Crippen molar-refractivity contribution in [2.24, 2.45) is 0 Å². The monoisotopic (exact) mass is 327 g/mol. The molecule has 0 fully saturated rings. The second kappa shape index (κ2) is 6.29. The van der Waals surface area contributed by atoms with E-state index in [1.165, 1.54) is 6.07 Å². The quantitative estimate of drug-likeness (QED) is 0.493. The maximum absolute atomic E-state index is 12.4. The van der Waals surface area contributed by atoms with Gasteiger partial charge in [-0.2, -0.15) is 0 Å². The summed E-state index contributed by atoms with van der Waals surface area (Å²) < 4.78 is 5.67. The molecule has 4 rings (SSSR count). The summed E-state index contributed by atoms with van der Waals surface area (Å²) in [6.07, 6.45) is 0. The van der Waals surface area contributed by atoms with Crippen LogP contribution < -0.4 is 10.3 Å². The topological polar surface area (TPSA) is 33.5 Å². The number of para-hydroxylation sites is 2. The second-order valence-corrected chi connectivity index (χ2v) is 5.91. The lowest BCUT2D eigenvalue weighted by molar-refractivity contribution is 0.565. The summed E-state index contributed by atoms with van der Waals surface area (Å²) in [5.41, 5.74) is 3.56. The van der Waals surface area contributed by atoms with Crippen molar-refractivity contribution in [3.05, 3.63) is 101 Å². The largest absolute Gasteiger partial charge is 0.461 e. The third-order valence-corrected chi connectivity index (χ3v) is 4.12. The minimum Gasteiger partial charge on any atom is -0.461 e. The third-order valence-electron chi connectivity index (χ3n) is 4.12.